The molecule has 0 amide bonds. The average Bonchev–Trinajstić information content (AvgIpc) is 2.37. The molecule has 8 heteroatoms. The minimum Gasteiger partial charge on any atom is -0.497 e. The number of carbonyl (C=O) groups is 1. The van der Waals surface area contributed by atoms with Gasteiger partial charge >= 0.3 is 11.7 Å². The first-order valence-corrected chi connectivity index (χ1v) is 6.22. The Balaban J connectivity index is 3.31. The Morgan fingerprint density at radius 3 is 2.35 bits per heavy atom. The lowest BCUT2D eigenvalue weighted by atomic mass is 10.2. The maximum atomic E-state index is 11.5. The van der Waals surface area contributed by atoms with Gasteiger partial charge in [0.2, 0.25) is 0 Å². The van der Waals surface area contributed by atoms with Crippen LogP contribution in [0.25, 0.3) is 6.08 Å². The summed E-state index contributed by atoms with van der Waals surface area (Å²) in [6.45, 7) is 1.57. The van der Waals surface area contributed by atoms with Crippen LogP contribution in [0.5, 0.6) is 5.75 Å². The fourth-order valence-electron chi connectivity index (χ4n) is 1.34. The molecule has 20 heavy (non-hydrogen) atoms. The molecule has 0 unspecified atom stereocenters. The molecule has 0 saturated carbocycles. The zero-order valence-electron chi connectivity index (χ0n) is 10.7. The highest BCUT2D eigenvalue weighted by molar-refractivity contribution is 6.37. The second kappa shape index (κ2) is 7.12. The highest BCUT2D eigenvalue weighted by atomic mass is 35.5. The van der Waals surface area contributed by atoms with Crippen molar-refractivity contribution in [3.05, 3.63) is 43.6 Å². The van der Waals surface area contributed by atoms with Gasteiger partial charge in [-0.1, -0.05) is 23.2 Å². The van der Waals surface area contributed by atoms with Crippen molar-refractivity contribution in [2.75, 3.05) is 13.7 Å². The van der Waals surface area contributed by atoms with Crippen LogP contribution in [0.2, 0.25) is 10.0 Å². The van der Waals surface area contributed by atoms with Crippen molar-refractivity contribution in [3.8, 4) is 5.75 Å². The van der Waals surface area contributed by atoms with Crippen LogP contribution in [-0.2, 0) is 9.53 Å². The van der Waals surface area contributed by atoms with Crippen LogP contribution in [0, 0.1) is 10.1 Å². The maximum absolute atomic E-state index is 11.5. The Morgan fingerprint density at radius 2 is 1.95 bits per heavy atom. The molecule has 0 heterocycles. The molecular formula is C12H11Cl2NO5. The smallest absolute Gasteiger partial charge is 0.409 e. The number of hydrogen-bond acceptors (Lipinski definition) is 5. The molecule has 108 valence electrons. The number of ether oxygens (including phenoxy) is 2. The van der Waals surface area contributed by atoms with E-state index in [9.17, 15) is 14.9 Å². The van der Waals surface area contributed by atoms with E-state index in [0.29, 0.717) is 5.75 Å². The summed E-state index contributed by atoms with van der Waals surface area (Å²) in [5, 5.41) is 11.1. The molecule has 0 atom stereocenters. The number of rotatable bonds is 5. The fraction of sp³-hybridized carbons (Fsp3) is 0.250. The topological polar surface area (TPSA) is 78.7 Å². The summed E-state index contributed by atoms with van der Waals surface area (Å²) in [4.78, 5) is 21.5. The third-order valence-electron chi connectivity index (χ3n) is 2.25. The Hall–Kier alpha value is -1.79. The summed E-state index contributed by atoms with van der Waals surface area (Å²) >= 11 is 11.9. The van der Waals surface area contributed by atoms with Gasteiger partial charge in [-0.15, -0.1) is 0 Å². The number of nitrogens with zero attached hydrogens (tertiary/aromatic N) is 1. The third-order valence-corrected chi connectivity index (χ3v) is 2.88. The van der Waals surface area contributed by atoms with Gasteiger partial charge in [0.15, 0.2) is 0 Å². The van der Waals surface area contributed by atoms with Crippen LogP contribution in [-0.4, -0.2) is 24.6 Å². The highest BCUT2D eigenvalue weighted by Gasteiger charge is 2.24. The van der Waals surface area contributed by atoms with Gasteiger partial charge in [-0.25, -0.2) is 4.79 Å². The summed E-state index contributed by atoms with van der Waals surface area (Å²) in [7, 11) is 1.43. The van der Waals surface area contributed by atoms with Crippen LogP contribution in [0.1, 0.15) is 12.5 Å². The lowest BCUT2D eigenvalue weighted by molar-refractivity contribution is -0.419. The maximum Gasteiger partial charge on any atom is 0.409 e. The molecular weight excluding hydrogens is 309 g/mol. The first kappa shape index (κ1) is 16.3. The number of carbonyl (C=O) groups excluding carboxylic acids is 1. The van der Waals surface area contributed by atoms with Crippen molar-refractivity contribution < 1.29 is 19.2 Å². The van der Waals surface area contributed by atoms with Gasteiger partial charge in [0.1, 0.15) is 5.75 Å². The summed E-state index contributed by atoms with van der Waals surface area (Å²) in [6.07, 6.45) is 0.974. The molecule has 0 radical (unpaired) electrons. The van der Waals surface area contributed by atoms with Crippen LogP contribution < -0.4 is 4.74 Å². The van der Waals surface area contributed by atoms with E-state index < -0.39 is 16.6 Å². The highest BCUT2D eigenvalue weighted by Crippen LogP contribution is 2.32. The lowest BCUT2D eigenvalue weighted by Crippen LogP contribution is -2.14. The zero-order valence-corrected chi connectivity index (χ0v) is 12.2. The zero-order chi connectivity index (χ0) is 15.3. The van der Waals surface area contributed by atoms with Crippen molar-refractivity contribution >= 4 is 35.2 Å². The van der Waals surface area contributed by atoms with E-state index in [1.54, 1.807) is 6.92 Å². The van der Waals surface area contributed by atoms with E-state index in [1.165, 1.54) is 19.2 Å². The molecule has 0 bridgehead atoms. The van der Waals surface area contributed by atoms with Gasteiger partial charge < -0.3 is 9.47 Å². The molecule has 0 aliphatic heterocycles. The van der Waals surface area contributed by atoms with Crippen LogP contribution in [0.3, 0.4) is 0 Å². The molecule has 1 aromatic rings. The standard InChI is InChI=1S/C12H11Cl2NO5/c1-3-20-12(16)11(15(17)18)6-8-9(13)4-7(19-2)5-10(8)14/h4-6H,3H2,1-2H3/b11-6-. The minimum atomic E-state index is -1.06. The molecule has 0 aliphatic carbocycles. The monoisotopic (exact) mass is 319 g/mol. The van der Waals surface area contributed by atoms with Crippen molar-refractivity contribution in [1.29, 1.82) is 0 Å². The molecule has 1 aromatic carbocycles. The Labute approximate surface area is 125 Å². The van der Waals surface area contributed by atoms with Gasteiger partial charge in [-0.3, -0.25) is 10.1 Å². The average molecular weight is 320 g/mol. The molecule has 0 saturated heterocycles. The van der Waals surface area contributed by atoms with E-state index in [1.807, 2.05) is 0 Å². The number of benzene rings is 1. The number of esters is 1. The van der Waals surface area contributed by atoms with Gasteiger partial charge in [0.05, 0.1) is 28.7 Å². The van der Waals surface area contributed by atoms with Crippen molar-refractivity contribution in [2.24, 2.45) is 0 Å². The fourth-order valence-corrected chi connectivity index (χ4v) is 1.92. The SMILES string of the molecule is CCOC(=O)/C(=C/c1c(Cl)cc(OC)cc1Cl)[N+](=O)[O-]. The van der Waals surface area contributed by atoms with Gasteiger partial charge in [0.25, 0.3) is 0 Å². The second-order valence-electron chi connectivity index (χ2n) is 3.51. The number of halogens is 2. The van der Waals surface area contributed by atoms with Gasteiger partial charge in [-0.2, -0.15) is 0 Å². The summed E-state index contributed by atoms with van der Waals surface area (Å²) in [5.74, 6) is -0.656. The number of hydrogen-bond donors (Lipinski definition) is 0. The van der Waals surface area contributed by atoms with E-state index in [-0.39, 0.29) is 22.2 Å². The molecule has 0 aromatic heterocycles. The first-order valence-electron chi connectivity index (χ1n) is 5.47. The predicted molar refractivity (Wildman–Crippen MR) is 74.6 cm³/mol. The molecule has 0 aliphatic rings. The van der Waals surface area contributed by atoms with Gasteiger partial charge in [0, 0.05) is 11.6 Å². The normalized spacial score (nSPS) is 11.1. The van der Waals surface area contributed by atoms with E-state index in [2.05, 4.69) is 4.74 Å². The van der Waals surface area contributed by atoms with E-state index in [4.69, 9.17) is 27.9 Å². The molecule has 0 spiro atoms. The lowest BCUT2D eigenvalue weighted by Gasteiger charge is -2.06. The Morgan fingerprint density at radius 1 is 1.40 bits per heavy atom. The molecule has 1 rings (SSSR count). The predicted octanol–water partition coefficient (Wildman–Crippen LogP) is 3.18. The second-order valence-corrected chi connectivity index (χ2v) is 4.33. The molecule has 6 nitrogen and oxygen atoms in total. The number of nitro groups is 1. The summed E-state index contributed by atoms with van der Waals surface area (Å²) in [6, 6.07) is 2.87. The summed E-state index contributed by atoms with van der Waals surface area (Å²) in [5.41, 5.74) is -0.602. The first-order chi connectivity index (χ1) is 9.40. The molecule has 0 N–H and O–H groups in total. The summed E-state index contributed by atoms with van der Waals surface area (Å²) < 4.78 is 9.56. The minimum absolute atomic E-state index is 0.0219. The quantitative estimate of drug-likeness (QED) is 0.360. The van der Waals surface area contributed by atoms with Crippen LogP contribution in [0.4, 0.5) is 0 Å². The van der Waals surface area contributed by atoms with Crippen molar-refractivity contribution in [2.45, 2.75) is 6.92 Å². The van der Waals surface area contributed by atoms with E-state index in [0.717, 1.165) is 6.08 Å². The number of methoxy groups -OCH3 is 1. The van der Waals surface area contributed by atoms with Gasteiger partial charge in [-0.05, 0) is 19.1 Å². The Kier molecular flexibility index (Phi) is 5.79. The van der Waals surface area contributed by atoms with Crippen molar-refractivity contribution in [3.63, 3.8) is 0 Å². The molecule has 0 fully saturated rings. The largest absolute Gasteiger partial charge is 0.497 e. The third kappa shape index (κ3) is 3.85. The van der Waals surface area contributed by atoms with E-state index >= 15 is 0 Å². The van der Waals surface area contributed by atoms with Crippen LogP contribution in [0.15, 0.2) is 17.8 Å². The Bertz CT molecular complexity index is 548. The van der Waals surface area contributed by atoms with Crippen LogP contribution >= 0.6 is 23.2 Å². The van der Waals surface area contributed by atoms with Crippen molar-refractivity contribution in [1.82, 2.24) is 0 Å².